The van der Waals surface area contributed by atoms with Gasteiger partial charge in [0.1, 0.15) is 0 Å². The predicted molar refractivity (Wildman–Crippen MR) is 59.6 cm³/mol. The molecule has 0 unspecified atom stereocenters. The Morgan fingerprint density at radius 1 is 1.40 bits per heavy atom. The Morgan fingerprint density at radius 3 is 2.47 bits per heavy atom. The van der Waals surface area contributed by atoms with Crippen molar-refractivity contribution in [3.8, 4) is 0 Å². The Bertz CT molecular complexity index is 319. The number of carbonyl (C=O) groups excluding carboxylic acids is 1. The van der Waals surface area contributed by atoms with Gasteiger partial charge in [0, 0.05) is 6.92 Å². The van der Waals surface area contributed by atoms with Crippen molar-refractivity contribution in [1.29, 1.82) is 0 Å². The molecule has 0 heterocycles. The van der Waals surface area contributed by atoms with Crippen LogP contribution in [0.4, 0.5) is 0 Å². The molecular weight excluding hydrogens is 190 g/mol. The monoisotopic (exact) mass is 207 g/mol. The lowest BCUT2D eigenvalue weighted by molar-refractivity contribution is -0.119. The first-order valence-electron chi connectivity index (χ1n) is 5.05. The molecule has 0 aromatic heterocycles. The van der Waals surface area contributed by atoms with Crippen LogP contribution in [0.25, 0.3) is 0 Å². The Morgan fingerprint density at radius 2 is 2.00 bits per heavy atom. The minimum atomic E-state index is -0.190. The van der Waals surface area contributed by atoms with Crippen LogP contribution in [-0.2, 0) is 11.2 Å². The third kappa shape index (κ3) is 4.13. The van der Waals surface area contributed by atoms with Crippen molar-refractivity contribution in [3.05, 3.63) is 35.4 Å². The summed E-state index contributed by atoms with van der Waals surface area (Å²) in [5, 5.41) is 11.8. The normalized spacial score (nSPS) is 12.2. The number of aliphatic hydroxyl groups is 1. The van der Waals surface area contributed by atoms with Gasteiger partial charge in [0.25, 0.3) is 0 Å². The number of hydrogen-bond acceptors (Lipinski definition) is 2. The van der Waals surface area contributed by atoms with Gasteiger partial charge in [-0.1, -0.05) is 29.8 Å². The van der Waals surface area contributed by atoms with E-state index in [1.165, 1.54) is 12.5 Å². The summed E-state index contributed by atoms with van der Waals surface area (Å²) in [5.74, 6) is -0.110. The van der Waals surface area contributed by atoms with Crippen molar-refractivity contribution in [2.75, 3.05) is 6.61 Å². The third-order valence-electron chi connectivity index (χ3n) is 2.23. The number of benzene rings is 1. The Kier molecular flexibility index (Phi) is 4.31. The SMILES string of the molecule is CC(=O)N[C@@H](CO)Cc1ccc(C)cc1. The molecule has 1 atom stereocenters. The van der Waals surface area contributed by atoms with Crippen molar-refractivity contribution in [2.45, 2.75) is 26.3 Å². The fourth-order valence-corrected chi connectivity index (χ4v) is 1.46. The van der Waals surface area contributed by atoms with Gasteiger partial charge in [0.2, 0.25) is 5.91 Å². The molecule has 1 amide bonds. The largest absolute Gasteiger partial charge is 0.394 e. The summed E-state index contributed by atoms with van der Waals surface area (Å²) in [4.78, 5) is 10.8. The van der Waals surface area contributed by atoms with Crippen molar-refractivity contribution in [1.82, 2.24) is 5.32 Å². The van der Waals surface area contributed by atoms with Gasteiger partial charge in [-0.3, -0.25) is 4.79 Å². The van der Waals surface area contributed by atoms with Crippen molar-refractivity contribution in [3.63, 3.8) is 0 Å². The van der Waals surface area contributed by atoms with Crippen molar-refractivity contribution >= 4 is 5.91 Å². The lowest BCUT2D eigenvalue weighted by Crippen LogP contribution is -2.37. The van der Waals surface area contributed by atoms with E-state index in [9.17, 15) is 4.79 Å². The van der Waals surface area contributed by atoms with E-state index < -0.39 is 0 Å². The summed E-state index contributed by atoms with van der Waals surface area (Å²) >= 11 is 0. The van der Waals surface area contributed by atoms with Crippen molar-refractivity contribution < 1.29 is 9.90 Å². The summed E-state index contributed by atoms with van der Waals surface area (Å²) in [7, 11) is 0. The molecule has 2 N–H and O–H groups in total. The molecule has 0 bridgehead atoms. The second-order valence-electron chi connectivity index (χ2n) is 3.77. The summed E-state index contributed by atoms with van der Waals surface area (Å²) < 4.78 is 0. The van der Waals surface area contributed by atoms with Crippen LogP contribution in [0.1, 0.15) is 18.1 Å². The lowest BCUT2D eigenvalue weighted by atomic mass is 10.1. The number of aryl methyl sites for hydroxylation is 1. The highest BCUT2D eigenvalue weighted by molar-refractivity contribution is 5.73. The molecule has 0 spiro atoms. The van der Waals surface area contributed by atoms with Crippen LogP contribution >= 0.6 is 0 Å². The summed E-state index contributed by atoms with van der Waals surface area (Å²) in [5.41, 5.74) is 2.33. The molecule has 0 radical (unpaired) electrons. The van der Waals surface area contributed by atoms with Crippen LogP contribution in [-0.4, -0.2) is 23.7 Å². The van der Waals surface area contributed by atoms with E-state index in [2.05, 4.69) is 5.32 Å². The topological polar surface area (TPSA) is 49.3 Å². The zero-order valence-corrected chi connectivity index (χ0v) is 9.16. The first-order valence-corrected chi connectivity index (χ1v) is 5.05. The Balaban J connectivity index is 2.58. The molecule has 0 aliphatic carbocycles. The van der Waals surface area contributed by atoms with E-state index in [4.69, 9.17) is 5.11 Å². The van der Waals surface area contributed by atoms with Gasteiger partial charge in [-0.25, -0.2) is 0 Å². The maximum Gasteiger partial charge on any atom is 0.217 e. The van der Waals surface area contributed by atoms with Crippen LogP contribution in [0, 0.1) is 6.92 Å². The zero-order chi connectivity index (χ0) is 11.3. The van der Waals surface area contributed by atoms with E-state index >= 15 is 0 Å². The molecule has 1 rings (SSSR count). The van der Waals surface area contributed by atoms with Crippen LogP contribution in [0.3, 0.4) is 0 Å². The van der Waals surface area contributed by atoms with E-state index in [0.29, 0.717) is 6.42 Å². The van der Waals surface area contributed by atoms with Gasteiger partial charge >= 0.3 is 0 Å². The molecule has 1 aromatic carbocycles. The Hall–Kier alpha value is -1.35. The summed E-state index contributed by atoms with van der Waals surface area (Å²) in [6, 6.07) is 7.89. The molecule has 3 heteroatoms. The second kappa shape index (κ2) is 5.51. The average Bonchev–Trinajstić information content (AvgIpc) is 2.19. The van der Waals surface area contributed by atoms with E-state index in [-0.39, 0.29) is 18.6 Å². The maximum atomic E-state index is 10.8. The van der Waals surface area contributed by atoms with Gasteiger partial charge < -0.3 is 10.4 Å². The van der Waals surface area contributed by atoms with E-state index in [1.54, 1.807) is 0 Å². The summed E-state index contributed by atoms with van der Waals surface area (Å²) in [6.07, 6.45) is 0.663. The van der Waals surface area contributed by atoms with Gasteiger partial charge in [-0.05, 0) is 18.9 Å². The standard InChI is InChI=1S/C12H17NO2/c1-9-3-5-11(6-4-9)7-12(8-14)13-10(2)15/h3-6,12,14H,7-8H2,1-2H3,(H,13,15)/t12-/m1/s1. The first-order chi connectivity index (χ1) is 7.11. The molecule has 0 aliphatic heterocycles. The molecule has 3 nitrogen and oxygen atoms in total. The average molecular weight is 207 g/mol. The molecule has 1 aromatic rings. The number of carbonyl (C=O) groups is 1. The van der Waals surface area contributed by atoms with Crippen LogP contribution < -0.4 is 5.32 Å². The van der Waals surface area contributed by atoms with Gasteiger partial charge in [0.05, 0.1) is 12.6 Å². The van der Waals surface area contributed by atoms with Crippen LogP contribution in [0.5, 0.6) is 0 Å². The molecule has 82 valence electrons. The van der Waals surface area contributed by atoms with Gasteiger partial charge in [-0.15, -0.1) is 0 Å². The van der Waals surface area contributed by atoms with Crippen molar-refractivity contribution in [2.24, 2.45) is 0 Å². The fourth-order valence-electron chi connectivity index (χ4n) is 1.46. The van der Waals surface area contributed by atoms with E-state index in [0.717, 1.165) is 5.56 Å². The Labute approximate surface area is 90.1 Å². The minimum Gasteiger partial charge on any atom is -0.394 e. The molecule has 0 saturated carbocycles. The van der Waals surface area contributed by atoms with Gasteiger partial charge in [-0.2, -0.15) is 0 Å². The highest BCUT2D eigenvalue weighted by Crippen LogP contribution is 2.05. The number of amides is 1. The number of rotatable bonds is 4. The molecule has 0 aliphatic rings. The molecule has 0 saturated heterocycles. The van der Waals surface area contributed by atoms with Gasteiger partial charge in [0.15, 0.2) is 0 Å². The number of nitrogens with one attached hydrogen (secondary N) is 1. The van der Waals surface area contributed by atoms with Crippen LogP contribution in [0.2, 0.25) is 0 Å². The summed E-state index contributed by atoms with van der Waals surface area (Å²) in [6.45, 7) is 3.45. The van der Waals surface area contributed by atoms with Crippen LogP contribution in [0.15, 0.2) is 24.3 Å². The molecule has 0 fully saturated rings. The maximum absolute atomic E-state index is 10.8. The third-order valence-corrected chi connectivity index (χ3v) is 2.23. The highest BCUT2D eigenvalue weighted by Gasteiger charge is 2.08. The zero-order valence-electron chi connectivity index (χ0n) is 9.16. The fraction of sp³-hybridized carbons (Fsp3) is 0.417. The number of hydrogen-bond donors (Lipinski definition) is 2. The smallest absolute Gasteiger partial charge is 0.217 e. The first kappa shape index (κ1) is 11.7. The molecular formula is C12H17NO2. The highest BCUT2D eigenvalue weighted by atomic mass is 16.3. The number of aliphatic hydroxyl groups excluding tert-OH is 1. The second-order valence-corrected chi connectivity index (χ2v) is 3.77. The lowest BCUT2D eigenvalue weighted by Gasteiger charge is -2.15. The quantitative estimate of drug-likeness (QED) is 0.775. The predicted octanol–water partition coefficient (Wildman–Crippen LogP) is 1.03. The van der Waals surface area contributed by atoms with E-state index in [1.807, 2.05) is 31.2 Å². The minimum absolute atomic E-state index is 0.0343. The molecule has 15 heavy (non-hydrogen) atoms.